The van der Waals surface area contributed by atoms with Crippen molar-refractivity contribution in [2.75, 3.05) is 5.32 Å². The normalized spacial score (nSPS) is 11.0. The summed E-state index contributed by atoms with van der Waals surface area (Å²) >= 11 is 0. The number of nitriles is 1. The van der Waals surface area contributed by atoms with Crippen LogP contribution < -0.4 is 5.32 Å². The maximum absolute atomic E-state index is 14.0. The molecule has 0 unspecified atom stereocenters. The molecular formula is C22H12F2N6. The highest BCUT2D eigenvalue weighted by molar-refractivity contribution is 5.97. The van der Waals surface area contributed by atoms with Crippen LogP contribution in [-0.4, -0.2) is 20.2 Å². The quantitative estimate of drug-likeness (QED) is 0.443. The Morgan fingerprint density at radius 1 is 0.900 bits per heavy atom. The molecule has 6 nitrogen and oxygen atoms in total. The van der Waals surface area contributed by atoms with Crippen molar-refractivity contribution in [1.29, 1.82) is 5.26 Å². The molecule has 0 amide bonds. The lowest BCUT2D eigenvalue weighted by atomic mass is 10.1. The summed E-state index contributed by atoms with van der Waals surface area (Å²) in [5, 5.41) is 20.1. The fourth-order valence-electron chi connectivity index (χ4n) is 3.32. The summed E-state index contributed by atoms with van der Waals surface area (Å²) in [6.45, 7) is 0. The molecule has 0 aliphatic carbocycles. The molecule has 30 heavy (non-hydrogen) atoms. The maximum Gasteiger partial charge on any atom is 0.163 e. The number of nitrogens with one attached hydrogen (secondary N) is 2. The van der Waals surface area contributed by atoms with E-state index in [-0.39, 0.29) is 16.7 Å². The number of aromatic amines is 1. The Hall–Kier alpha value is -4.38. The van der Waals surface area contributed by atoms with Gasteiger partial charge in [-0.2, -0.15) is 10.4 Å². The molecule has 0 aliphatic heterocycles. The fourth-order valence-corrected chi connectivity index (χ4v) is 3.32. The third kappa shape index (κ3) is 2.89. The van der Waals surface area contributed by atoms with Crippen molar-refractivity contribution in [3.63, 3.8) is 0 Å². The predicted octanol–water partition coefficient (Wildman–Crippen LogP) is 5.07. The van der Waals surface area contributed by atoms with E-state index in [1.165, 1.54) is 6.07 Å². The number of hydrogen-bond donors (Lipinski definition) is 2. The summed E-state index contributed by atoms with van der Waals surface area (Å²) < 4.78 is 27.8. The molecule has 0 aliphatic rings. The summed E-state index contributed by atoms with van der Waals surface area (Å²) in [5.41, 5.74) is 1.76. The minimum atomic E-state index is -0.735. The number of rotatable bonds is 3. The minimum Gasteiger partial charge on any atom is -0.322 e. The Balaban J connectivity index is 1.71. The standard InChI is InChI=1S/C22H12F2N6/c23-13-9-16-19(17(24)10-13)29-30-22(16)28-21-15-7-3-4-8-18(15)26-20(27-21)14-6-2-1-5-12(14)11-25/h1-10H,(H2,26,27,28,29,30). The zero-order chi connectivity index (χ0) is 20.7. The van der Waals surface area contributed by atoms with Gasteiger partial charge < -0.3 is 5.32 Å². The van der Waals surface area contributed by atoms with Crippen molar-refractivity contribution < 1.29 is 8.78 Å². The van der Waals surface area contributed by atoms with Gasteiger partial charge in [-0.05, 0) is 30.3 Å². The van der Waals surface area contributed by atoms with Gasteiger partial charge in [-0.1, -0.05) is 24.3 Å². The van der Waals surface area contributed by atoms with Gasteiger partial charge in [0.15, 0.2) is 17.5 Å². The van der Waals surface area contributed by atoms with Gasteiger partial charge in [-0.15, -0.1) is 0 Å². The molecule has 0 saturated heterocycles. The lowest BCUT2D eigenvalue weighted by molar-refractivity contribution is 0.590. The van der Waals surface area contributed by atoms with Crippen molar-refractivity contribution >= 4 is 33.4 Å². The molecule has 0 saturated carbocycles. The lowest BCUT2D eigenvalue weighted by Gasteiger charge is -2.10. The highest BCUT2D eigenvalue weighted by Crippen LogP contribution is 2.31. The number of anilines is 2. The van der Waals surface area contributed by atoms with Crippen molar-refractivity contribution in [2.24, 2.45) is 0 Å². The highest BCUT2D eigenvalue weighted by Gasteiger charge is 2.16. The molecule has 0 atom stereocenters. The van der Waals surface area contributed by atoms with Crippen molar-refractivity contribution in [3.8, 4) is 17.5 Å². The van der Waals surface area contributed by atoms with Crippen LogP contribution >= 0.6 is 0 Å². The Morgan fingerprint density at radius 3 is 2.57 bits per heavy atom. The predicted molar refractivity (Wildman–Crippen MR) is 109 cm³/mol. The number of para-hydroxylation sites is 1. The first-order valence-electron chi connectivity index (χ1n) is 9.00. The first-order chi connectivity index (χ1) is 14.6. The van der Waals surface area contributed by atoms with Crippen LogP contribution in [0.1, 0.15) is 5.56 Å². The number of halogens is 2. The monoisotopic (exact) mass is 398 g/mol. The summed E-state index contributed by atoms with van der Waals surface area (Å²) in [7, 11) is 0. The Morgan fingerprint density at radius 2 is 1.70 bits per heavy atom. The number of nitrogens with zero attached hydrogens (tertiary/aromatic N) is 4. The Labute approximate surface area is 168 Å². The summed E-state index contributed by atoms with van der Waals surface area (Å²) in [5.74, 6) is -0.457. The summed E-state index contributed by atoms with van der Waals surface area (Å²) in [4.78, 5) is 9.18. The number of H-pyrrole nitrogens is 1. The van der Waals surface area contributed by atoms with Crippen LogP contribution in [0.2, 0.25) is 0 Å². The fraction of sp³-hybridized carbons (Fsp3) is 0. The molecular weight excluding hydrogens is 386 g/mol. The molecule has 144 valence electrons. The average Bonchev–Trinajstić information content (AvgIpc) is 3.16. The SMILES string of the molecule is N#Cc1ccccc1-c1nc(Nc2n[nH]c3c(F)cc(F)cc23)c2ccccc2n1. The average molecular weight is 398 g/mol. The van der Waals surface area contributed by atoms with E-state index in [1.807, 2.05) is 24.3 Å². The number of hydrogen-bond acceptors (Lipinski definition) is 5. The zero-order valence-corrected chi connectivity index (χ0v) is 15.3. The van der Waals surface area contributed by atoms with E-state index in [0.29, 0.717) is 33.7 Å². The molecule has 0 spiro atoms. The van der Waals surface area contributed by atoms with E-state index in [4.69, 9.17) is 0 Å². The Bertz CT molecular complexity index is 1470. The second kappa shape index (κ2) is 6.90. The molecule has 5 rings (SSSR count). The third-order valence-electron chi connectivity index (χ3n) is 4.72. The molecule has 3 aromatic carbocycles. The van der Waals surface area contributed by atoms with Crippen molar-refractivity contribution in [3.05, 3.63) is 77.9 Å². The second-order valence-corrected chi connectivity index (χ2v) is 6.58. The Kier molecular flexibility index (Phi) is 4.07. The van der Waals surface area contributed by atoms with E-state index >= 15 is 0 Å². The van der Waals surface area contributed by atoms with Gasteiger partial charge in [0, 0.05) is 17.0 Å². The van der Waals surface area contributed by atoms with Crippen LogP contribution in [0.3, 0.4) is 0 Å². The van der Waals surface area contributed by atoms with Crippen molar-refractivity contribution in [2.45, 2.75) is 0 Å². The van der Waals surface area contributed by atoms with Crippen LogP contribution in [0, 0.1) is 23.0 Å². The van der Waals surface area contributed by atoms with E-state index in [9.17, 15) is 14.0 Å². The molecule has 0 bridgehead atoms. The molecule has 0 fully saturated rings. The molecule has 2 heterocycles. The highest BCUT2D eigenvalue weighted by atomic mass is 19.1. The van der Waals surface area contributed by atoms with E-state index in [0.717, 1.165) is 6.07 Å². The number of benzene rings is 3. The second-order valence-electron chi connectivity index (χ2n) is 6.58. The molecule has 0 radical (unpaired) electrons. The van der Waals surface area contributed by atoms with Gasteiger partial charge in [0.1, 0.15) is 17.2 Å². The number of fused-ring (bicyclic) bond motifs is 2. The lowest BCUT2D eigenvalue weighted by Crippen LogP contribution is -2.01. The smallest absolute Gasteiger partial charge is 0.163 e. The van der Waals surface area contributed by atoms with Crippen LogP contribution in [0.5, 0.6) is 0 Å². The van der Waals surface area contributed by atoms with Gasteiger partial charge in [-0.25, -0.2) is 18.7 Å². The van der Waals surface area contributed by atoms with Gasteiger partial charge in [-0.3, -0.25) is 5.10 Å². The summed E-state index contributed by atoms with van der Waals surface area (Å²) in [6.07, 6.45) is 0. The van der Waals surface area contributed by atoms with Crippen LogP contribution in [-0.2, 0) is 0 Å². The van der Waals surface area contributed by atoms with Crippen LogP contribution in [0.4, 0.5) is 20.4 Å². The first kappa shape index (κ1) is 17.7. The van der Waals surface area contributed by atoms with Crippen LogP contribution in [0.15, 0.2) is 60.7 Å². The maximum atomic E-state index is 14.0. The van der Waals surface area contributed by atoms with E-state index in [1.54, 1.807) is 24.3 Å². The zero-order valence-electron chi connectivity index (χ0n) is 15.3. The van der Waals surface area contributed by atoms with E-state index < -0.39 is 11.6 Å². The largest absolute Gasteiger partial charge is 0.322 e. The third-order valence-corrected chi connectivity index (χ3v) is 4.72. The van der Waals surface area contributed by atoms with Gasteiger partial charge in [0.2, 0.25) is 0 Å². The van der Waals surface area contributed by atoms with Gasteiger partial charge >= 0.3 is 0 Å². The van der Waals surface area contributed by atoms with Gasteiger partial charge in [0.25, 0.3) is 0 Å². The number of aromatic nitrogens is 4. The van der Waals surface area contributed by atoms with Crippen LogP contribution in [0.25, 0.3) is 33.2 Å². The molecule has 2 N–H and O–H groups in total. The summed E-state index contributed by atoms with van der Waals surface area (Å²) in [6, 6.07) is 18.5. The van der Waals surface area contributed by atoms with E-state index in [2.05, 4.69) is 31.6 Å². The molecule has 2 aromatic heterocycles. The molecule has 8 heteroatoms. The first-order valence-corrected chi connectivity index (χ1v) is 9.00. The topological polar surface area (TPSA) is 90.3 Å². The molecule has 5 aromatic rings. The van der Waals surface area contributed by atoms with Crippen molar-refractivity contribution in [1.82, 2.24) is 20.2 Å². The van der Waals surface area contributed by atoms with Gasteiger partial charge in [0.05, 0.1) is 22.5 Å². The minimum absolute atomic E-state index is 0.0901.